The van der Waals surface area contributed by atoms with Crippen molar-refractivity contribution >= 4 is 5.78 Å². The van der Waals surface area contributed by atoms with Gasteiger partial charge in [-0.15, -0.1) is 0 Å². The molecule has 3 rings (SSSR count). The topological polar surface area (TPSA) is 61.8 Å². The SMILES string of the molecule is CC(=O)c1coc(CC2COC(C)(c3coc(C)c3)O2)c1. The van der Waals surface area contributed by atoms with E-state index in [4.69, 9.17) is 18.3 Å². The normalized spacial score (nSPS) is 25.4. The summed E-state index contributed by atoms with van der Waals surface area (Å²) in [4.78, 5) is 11.3. The fraction of sp³-hybridized carbons (Fsp3) is 0.438. The van der Waals surface area contributed by atoms with Crippen LogP contribution < -0.4 is 0 Å². The van der Waals surface area contributed by atoms with Gasteiger partial charge in [-0.1, -0.05) is 0 Å². The Balaban J connectivity index is 1.67. The number of hydrogen-bond donors (Lipinski definition) is 0. The molecule has 5 heteroatoms. The minimum absolute atomic E-state index is 0.00713. The van der Waals surface area contributed by atoms with Crippen molar-refractivity contribution in [3.05, 3.63) is 47.3 Å². The Bertz CT molecular complexity index is 653. The molecule has 0 aromatic carbocycles. The van der Waals surface area contributed by atoms with Crippen LogP contribution in [0.1, 0.15) is 41.3 Å². The minimum Gasteiger partial charge on any atom is -0.469 e. The summed E-state index contributed by atoms with van der Waals surface area (Å²) in [5, 5.41) is 0. The van der Waals surface area contributed by atoms with Gasteiger partial charge in [-0.25, -0.2) is 0 Å². The first-order valence-corrected chi connectivity index (χ1v) is 6.92. The summed E-state index contributed by atoms with van der Waals surface area (Å²) in [5.41, 5.74) is 1.45. The number of carbonyl (C=O) groups is 1. The molecular weight excluding hydrogens is 272 g/mol. The van der Waals surface area contributed by atoms with Crippen molar-refractivity contribution in [2.45, 2.75) is 39.1 Å². The van der Waals surface area contributed by atoms with Crippen molar-refractivity contribution in [2.24, 2.45) is 0 Å². The van der Waals surface area contributed by atoms with Crippen LogP contribution in [0.3, 0.4) is 0 Å². The van der Waals surface area contributed by atoms with Crippen LogP contribution in [0.2, 0.25) is 0 Å². The third kappa shape index (κ3) is 2.80. The van der Waals surface area contributed by atoms with Crippen molar-refractivity contribution in [3.8, 4) is 0 Å². The Morgan fingerprint density at radius 1 is 1.33 bits per heavy atom. The van der Waals surface area contributed by atoms with Crippen LogP contribution in [0.5, 0.6) is 0 Å². The molecule has 21 heavy (non-hydrogen) atoms. The first-order chi connectivity index (χ1) is 9.96. The van der Waals surface area contributed by atoms with Crippen LogP contribution in [-0.4, -0.2) is 18.5 Å². The van der Waals surface area contributed by atoms with Gasteiger partial charge in [0, 0.05) is 12.0 Å². The van der Waals surface area contributed by atoms with E-state index in [0.717, 1.165) is 17.1 Å². The molecular formula is C16H18O5. The highest BCUT2D eigenvalue weighted by atomic mass is 16.7. The van der Waals surface area contributed by atoms with Gasteiger partial charge in [0.25, 0.3) is 0 Å². The lowest BCUT2D eigenvalue weighted by atomic mass is 10.1. The number of furan rings is 2. The van der Waals surface area contributed by atoms with E-state index in [9.17, 15) is 4.79 Å². The third-order valence-electron chi connectivity index (χ3n) is 3.68. The summed E-state index contributed by atoms with van der Waals surface area (Å²) in [6.07, 6.45) is 3.58. The van der Waals surface area contributed by atoms with Gasteiger partial charge in [0.15, 0.2) is 11.6 Å². The first kappa shape index (κ1) is 14.1. The zero-order chi connectivity index (χ0) is 15.0. The quantitative estimate of drug-likeness (QED) is 0.809. The third-order valence-corrected chi connectivity index (χ3v) is 3.68. The number of aryl methyl sites for hydroxylation is 1. The van der Waals surface area contributed by atoms with Gasteiger partial charge in [0.05, 0.1) is 24.5 Å². The molecule has 0 saturated carbocycles. The Morgan fingerprint density at radius 2 is 2.14 bits per heavy atom. The molecule has 5 nitrogen and oxygen atoms in total. The monoisotopic (exact) mass is 290 g/mol. The van der Waals surface area contributed by atoms with E-state index >= 15 is 0 Å². The summed E-state index contributed by atoms with van der Waals surface area (Å²) < 4.78 is 22.5. The maximum Gasteiger partial charge on any atom is 0.195 e. The molecule has 0 aliphatic carbocycles. The van der Waals surface area contributed by atoms with Gasteiger partial charge in [0.1, 0.15) is 17.8 Å². The molecule has 1 aliphatic heterocycles. The number of Topliss-reactive ketones (excluding diaryl/α,β-unsaturated/α-hetero) is 1. The fourth-order valence-electron chi connectivity index (χ4n) is 2.47. The fourth-order valence-corrected chi connectivity index (χ4v) is 2.47. The molecule has 0 bridgehead atoms. The van der Waals surface area contributed by atoms with Crippen molar-refractivity contribution in [1.82, 2.24) is 0 Å². The van der Waals surface area contributed by atoms with Gasteiger partial charge < -0.3 is 18.3 Å². The lowest BCUT2D eigenvalue weighted by molar-refractivity contribution is -0.162. The average molecular weight is 290 g/mol. The van der Waals surface area contributed by atoms with Crippen molar-refractivity contribution in [2.75, 3.05) is 6.61 Å². The predicted octanol–water partition coefficient (Wildman–Crippen LogP) is 3.21. The molecule has 1 fully saturated rings. The Morgan fingerprint density at radius 3 is 2.76 bits per heavy atom. The maximum absolute atomic E-state index is 11.3. The highest BCUT2D eigenvalue weighted by molar-refractivity contribution is 5.93. The van der Waals surface area contributed by atoms with Crippen LogP contribution in [-0.2, 0) is 21.7 Å². The van der Waals surface area contributed by atoms with E-state index < -0.39 is 5.79 Å². The highest BCUT2D eigenvalue weighted by Gasteiger charge is 2.40. The van der Waals surface area contributed by atoms with Crippen LogP contribution in [0.4, 0.5) is 0 Å². The molecule has 2 aromatic rings. The summed E-state index contributed by atoms with van der Waals surface area (Å²) in [7, 11) is 0. The number of ketones is 1. The second kappa shape index (κ2) is 5.16. The first-order valence-electron chi connectivity index (χ1n) is 6.92. The predicted molar refractivity (Wildman–Crippen MR) is 74.0 cm³/mol. The van der Waals surface area contributed by atoms with Crippen LogP contribution in [0.25, 0.3) is 0 Å². The van der Waals surface area contributed by atoms with Crippen molar-refractivity contribution < 1.29 is 23.1 Å². The van der Waals surface area contributed by atoms with Gasteiger partial charge in [-0.3, -0.25) is 4.79 Å². The molecule has 0 amide bonds. The lowest BCUT2D eigenvalue weighted by Gasteiger charge is -2.21. The summed E-state index contributed by atoms with van der Waals surface area (Å²) >= 11 is 0. The molecule has 112 valence electrons. The molecule has 1 aliphatic rings. The van der Waals surface area contributed by atoms with Gasteiger partial charge in [-0.2, -0.15) is 0 Å². The van der Waals surface area contributed by atoms with Gasteiger partial charge in [-0.05, 0) is 32.9 Å². The Labute approximate surface area is 122 Å². The van der Waals surface area contributed by atoms with Crippen LogP contribution in [0.15, 0.2) is 33.5 Å². The van der Waals surface area contributed by atoms with Crippen LogP contribution in [0, 0.1) is 6.92 Å². The number of ether oxygens (including phenoxy) is 2. The van der Waals surface area contributed by atoms with E-state index in [1.165, 1.54) is 13.2 Å². The molecule has 1 saturated heterocycles. The lowest BCUT2D eigenvalue weighted by Crippen LogP contribution is -2.23. The van der Waals surface area contributed by atoms with Gasteiger partial charge in [0.2, 0.25) is 0 Å². The molecule has 0 N–H and O–H groups in total. The summed E-state index contributed by atoms with van der Waals surface area (Å²) in [6, 6.07) is 3.66. The van der Waals surface area contributed by atoms with Crippen LogP contribution >= 0.6 is 0 Å². The molecule has 2 atom stereocenters. The molecule has 0 radical (unpaired) electrons. The standard InChI is InChI=1S/C16H18O5/c1-10-4-13(8-18-10)16(3)20-9-15(21-16)6-14-5-12(7-19-14)11(2)17/h4-5,7-8,15H,6,9H2,1-3H3. The number of rotatable bonds is 4. The van der Waals surface area contributed by atoms with E-state index in [0.29, 0.717) is 18.6 Å². The zero-order valence-electron chi connectivity index (χ0n) is 12.3. The minimum atomic E-state index is -0.793. The second-order valence-electron chi connectivity index (χ2n) is 5.50. The molecule has 2 aromatic heterocycles. The highest BCUT2D eigenvalue weighted by Crippen LogP contribution is 2.35. The van der Waals surface area contributed by atoms with Crippen molar-refractivity contribution in [3.63, 3.8) is 0 Å². The Kier molecular flexibility index (Phi) is 3.47. The molecule has 3 heterocycles. The summed E-state index contributed by atoms with van der Waals surface area (Å²) in [5.74, 6) is 0.742. The van der Waals surface area contributed by atoms with Gasteiger partial charge >= 0.3 is 0 Å². The maximum atomic E-state index is 11.3. The zero-order valence-corrected chi connectivity index (χ0v) is 12.3. The van der Waals surface area contributed by atoms with E-state index in [1.54, 1.807) is 12.3 Å². The summed E-state index contributed by atoms with van der Waals surface area (Å²) in [6.45, 7) is 5.74. The van der Waals surface area contributed by atoms with E-state index in [2.05, 4.69) is 0 Å². The second-order valence-corrected chi connectivity index (χ2v) is 5.50. The number of carbonyl (C=O) groups excluding carboxylic acids is 1. The van der Waals surface area contributed by atoms with E-state index in [1.807, 2.05) is 19.9 Å². The molecule has 2 unspecified atom stereocenters. The Hall–Kier alpha value is -1.85. The largest absolute Gasteiger partial charge is 0.469 e. The smallest absolute Gasteiger partial charge is 0.195 e. The average Bonchev–Trinajstić information content (AvgIpc) is 3.11. The molecule has 0 spiro atoms. The van der Waals surface area contributed by atoms with E-state index in [-0.39, 0.29) is 11.9 Å². The number of hydrogen-bond acceptors (Lipinski definition) is 5. The van der Waals surface area contributed by atoms with Crippen molar-refractivity contribution in [1.29, 1.82) is 0 Å².